The maximum atomic E-state index is 9.05. The molecule has 1 atom stereocenters. The van der Waals surface area contributed by atoms with Gasteiger partial charge in [0.15, 0.2) is 0 Å². The predicted molar refractivity (Wildman–Crippen MR) is 76.5 cm³/mol. The smallest absolute Gasteiger partial charge is 0.127 e. The number of aliphatic hydroxyl groups excluding tert-OH is 1. The molecular formula is C16H19NO2. The van der Waals surface area contributed by atoms with Gasteiger partial charge in [0, 0.05) is 6.61 Å². The Morgan fingerprint density at radius 1 is 1.00 bits per heavy atom. The lowest BCUT2D eigenvalue weighted by molar-refractivity contribution is 0.276. The van der Waals surface area contributed by atoms with Crippen LogP contribution >= 0.6 is 0 Å². The Labute approximate surface area is 113 Å². The molecule has 3 N–H and O–H groups in total. The number of ether oxygens (including phenoxy) is 1. The van der Waals surface area contributed by atoms with Crippen LogP contribution in [0.15, 0.2) is 54.6 Å². The summed E-state index contributed by atoms with van der Waals surface area (Å²) in [6.45, 7) is 0.668. The topological polar surface area (TPSA) is 55.5 Å². The highest BCUT2D eigenvalue weighted by Crippen LogP contribution is 2.26. The summed E-state index contributed by atoms with van der Waals surface area (Å²) in [7, 11) is 0. The van der Waals surface area contributed by atoms with Crippen LogP contribution in [0.2, 0.25) is 0 Å². The first-order valence-corrected chi connectivity index (χ1v) is 6.47. The number of hydrogen-bond acceptors (Lipinski definition) is 3. The van der Waals surface area contributed by atoms with Crippen LogP contribution in [0.4, 0.5) is 0 Å². The summed E-state index contributed by atoms with van der Waals surface area (Å²) in [5.41, 5.74) is 6.84. The van der Waals surface area contributed by atoms with Crippen molar-refractivity contribution in [3.05, 3.63) is 60.2 Å². The number of aliphatic hydroxyl groups is 1. The minimum absolute atomic E-state index is 0.144. The molecule has 3 heteroatoms. The molecule has 0 saturated heterocycles. The fraction of sp³-hybridized carbons (Fsp3) is 0.250. The molecule has 0 spiro atoms. The zero-order valence-corrected chi connectivity index (χ0v) is 10.8. The minimum atomic E-state index is 0.144. The maximum Gasteiger partial charge on any atom is 0.127 e. The van der Waals surface area contributed by atoms with Gasteiger partial charge >= 0.3 is 0 Å². The number of nitrogens with two attached hydrogens (primary N) is 1. The lowest BCUT2D eigenvalue weighted by atomic mass is 9.96. The second-order valence-corrected chi connectivity index (χ2v) is 4.43. The van der Waals surface area contributed by atoms with E-state index in [0.717, 1.165) is 17.1 Å². The standard InChI is InChI=1S/C16H19NO2/c17-12-14(9-10-18)13-5-4-8-16(11-13)19-15-6-2-1-3-7-15/h1-8,11,14,18H,9-10,12,17H2. The van der Waals surface area contributed by atoms with Crippen LogP contribution in [0.3, 0.4) is 0 Å². The van der Waals surface area contributed by atoms with Crippen molar-refractivity contribution in [2.75, 3.05) is 13.2 Å². The Morgan fingerprint density at radius 2 is 1.74 bits per heavy atom. The Bertz CT molecular complexity index is 499. The molecule has 0 amide bonds. The summed E-state index contributed by atoms with van der Waals surface area (Å²) < 4.78 is 5.79. The van der Waals surface area contributed by atoms with Crippen LogP contribution in [-0.4, -0.2) is 18.3 Å². The summed E-state index contributed by atoms with van der Waals surface area (Å²) >= 11 is 0. The molecule has 2 aromatic carbocycles. The van der Waals surface area contributed by atoms with Gasteiger partial charge in [0.05, 0.1) is 0 Å². The van der Waals surface area contributed by atoms with Gasteiger partial charge < -0.3 is 15.6 Å². The van der Waals surface area contributed by atoms with Gasteiger partial charge in [0.25, 0.3) is 0 Å². The van der Waals surface area contributed by atoms with Crippen LogP contribution in [0, 0.1) is 0 Å². The molecule has 0 aromatic heterocycles. The SMILES string of the molecule is NCC(CCO)c1cccc(Oc2ccccc2)c1. The summed E-state index contributed by atoms with van der Waals surface area (Å²) in [5.74, 6) is 1.77. The van der Waals surface area contributed by atoms with Gasteiger partial charge in [-0.1, -0.05) is 30.3 Å². The molecule has 0 fully saturated rings. The third kappa shape index (κ3) is 3.81. The van der Waals surface area contributed by atoms with Crippen molar-refractivity contribution in [3.63, 3.8) is 0 Å². The van der Waals surface area contributed by atoms with Gasteiger partial charge in [-0.3, -0.25) is 0 Å². The van der Waals surface area contributed by atoms with Gasteiger partial charge in [0.1, 0.15) is 11.5 Å². The van der Waals surface area contributed by atoms with Crippen molar-refractivity contribution in [1.82, 2.24) is 0 Å². The van der Waals surface area contributed by atoms with E-state index in [9.17, 15) is 0 Å². The predicted octanol–water partition coefficient (Wildman–Crippen LogP) is 2.90. The average molecular weight is 257 g/mol. The normalized spacial score (nSPS) is 12.1. The lowest BCUT2D eigenvalue weighted by Crippen LogP contribution is -2.13. The van der Waals surface area contributed by atoms with Gasteiger partial charge in [-0.05, 0) is 48.7 Å². The quantitative estimate of drug-likeness (QED) is 0.836. The van der Waals surface area contributed by atoms with Crippen molar-refractivity contribution in [2.45, 2.75) is 12.3 Å². The average Bonchev–Trinajstić information content (AvgIpc) is 2.46. The largest absolute Gasteiger partial charge is 0.457 e. The molecule has 0 radical (unpaired) electrons. The fourth-order valence-electron chi connectivity index (χ4n) is 2.03. The van der Waals surface area contributed by atoms with Crippen LogP contribution in [0.5, 0.6) is 11.5 Å². The van der Waals surface area contributed by atoms with E-state index in [4.69, 9.17) is 15.6 Å². The van der Waals surface area contributed by atoms with Crippen molar-refractivity contribution in [1.29, 1.82) is 0 Å². The third-order valence-corrected chi connectivity index (χ3v) is 3.07. The molecule has 2 rings (SSSR count). The van der Waals surface area contributed by atoms with E-state index in [1.165, 1.54) is 0 Å². The number of rotatable bonds is 6. The second-order valence-electron chi connectivity index (χ2n) is 4.43. The van der Waals surface area contributed by atoms with Crippen molar-refractivity contribution in [2.24, 2.45) is 5.73 Å². The maximum absolute atomic E-state index is 9.05. The first kappa shape index (κ1) is 13.6. The van der Waals surface area contributed by atoms with E-state index in [2.05, 4.69) is 0 Å². The summed E-state index contributed by atoms with van der Waals surface area (Å²) in [6.07, 6.45) is 0.672. The van der Waals surface area contributed by atoms with Gasteiger partial charge in [-0.2, -0.15) is 0 Å². The summed E-state index contributed by atoms with van der Waals surface area (Å²) in [5, 5.41) is 9.05. The van der Waals surface area contributed by atoms with Gasteiger partial charge in [-0.15, -0.1) is 0 Å². The van der Waals surface area contributed by atoms with E-state index in [1.54, 1.807) is 0 Å². The highest BCUT2D eigenvalue weighted by atomic mass is 16.5. The first-order chi connectivity index (χ1) is 9.33. The molecule has 0 aliphatic carbocycles. The Morgan fingerprint density at radius 3 is 2.42 bits per heavy atom. The zero-order chi connectivity index (χ0) is 13.5. The Hall–Kier alpha value is -1.84. The molecule has 0 heterocycles. The molecule has 3 nitrogen and oxygen atoms in total. The molecule has 100 valence electrons. The molecule has 19 heavy (non-hydrogen) atoms. The zero-order valence-electron chi connectivity index (χ0n) is 10.8. The minimum Gasteiger partial charge on any atom is -0.457 e. The highest BCUT2D eigenvalue weighted by Gasteiger charge is 2.10. The van der Waals surface area contributed by atoms with E-state index >= 15 is 0 Å². The van der Waals surface area contributed by atoms with Crippen LogP contribution in [-0.2, 0) is 0 Å². The monoisotopic (exact) mass is 257 g/mol. The molecule has 2 aromatic rings. The number of para-hydroxylation sites is 1. The van der Waals surface area contributed by atoms with E-state index in [1.807, 2.05) is 54.6 Å². The molecule has 0 bridgehead atoms. The summed E-state index contributed by atoms with van der Waals surface area (Å²) in [6, 6.07) is 17.5. The van der Waals surface area contributed by atoms with Gasteiger partial charge in [0.2, 0.25) is 0 Å². The Kier molecular flexibility index (Phi) is 4.95. The molecule has 1 unspecified atom stereocenters. The number of hydrogen-bond donors (Lipinski definition) is 2. The van der Waals surface area contributed by atoms with Crippen molar-refractivity contribution < 1.29 is 9.84 Å². The highest BCUT2D eigenvalue weighted by molar-refractivity contribution is 5.35. The molecular weight excluding hydrogens is 238 g/mol. The van der Waals surface area contributed by atoms with E-state index in [-0.39, 0.29) is 12.5 Å². The van der Waals surface area contributed by atoms with Crippen LogP contribution in [0.25, 0.3) is 0 Å². The fourth-order valence-corrected chi connectivity index (χ4v) is 2.03. The summed E-state index contributed by atoms with van der Waals surface area (Å²) in [4.78, 5) is 0. The number of benzene rings is 2. The van der Waals surface area contributed by atoms with Crippen LogP contribution < -0.4 is 10.5 Å². The Balaban J connectivity index is 2.15. The molecule has 0 saturated carbocycles. The van der Waals surface area contributed by atoms with Gasteiger partial charge in [-0.25, -0.2) is 0 Å². The second kappa shape index (κ2) is 6.92. The van der Waals surface area contributed by atoms with E-state index in [0.29, 0.717) is 13.0 Å². The van der Waals surface area contributed by atoms with Crippen molar-refractivity contribution in [3.8, 4) is 11.5 Å². The molecule has 0 aliphatic heterocycles. The third-order valence-electron chi connectivity index (χ3n) is 3.07. The molecule has 0 aliphatic rings. The van der Waals surface area contributed by atoms with Crippen molar-refractivity contribution >= 4 is 0 Å². The lowest BCUT2D eigenvalue weighted by Gasteiger charge is -2.15. The van der Waals surface area contributed by atoms with E-state index < -0.39 is 0 Å². The first-order valence-electron chi connectivity index (χ1n) is 6.47. The van der Waals surface area contributed by atoms with Crippen LogP contribution in [0.1, 0.15) is 17.9 Å².